The molecule has 0 radical (unpaired) electrons. The lowest BCUT2D eigenvalue weighted by molar-refractivity contribution is -0.126. The van der Waals surface area contributed by atoms with Gasteiger partial charge in [0, 0.05) is 19.3 Å². The van der Waals surface area contributed by atoms with Crippen LogP contribution in [0.1, 0.15) is 17.2 Å². The number of hydrogen-bond acceptors (Lipinski definition) is 5. The summed E-state index contributed by atoms with van der Waals surface area (Å²) in [7, 11) is -1.74. The molecule has 6 nitrogen and oxygen atoms in total. The monoisotopic (exact) mass is 410 g/mol. The number of carbonyl (C=O) groups is 1. The number of methoxy groups -OCH3 is 1. The SMILES string of the molecule is COc1ccc(C(NC(=O)C2CNC2)c2cccc(S(C)(=O)=O)c2)cc1.Cl. The van der Waals surface area contributed by atoms with Crippen LogP contribution in [0.5, 0.6) is 5.75 Å². The lowest BCUT2D eigenvalue weighted by Crippen LogP contribution is -2.51. The van der Waals surface area contributed by atoms with Crippen molar-refractivity contribution in [3.63, 3.8) is 0 Å². The second-order valence-corrected chi connectivity index (χ2v) is 8.43. The smallest absolute Gasteiger partial charge is 0.226 e. The van der Waals surface area contributed by atoms with Crippen molar-refractivity contribution in [2.24, 2.45) is 5.92 Å². The lowest BCUT2D eigenvalue weighted by Gasteiger charge is -2.29. The van der Waals surface area contributed by atoms with Crippen molar-refractivity contribution in [2.75, 3.05) is 26.5 Å². The summed E-state index contributed by atoms with van der Waals surface area (Å²) in [5, 5.41) is 6.14. The molecule has 8 heteroatoms. The van der Waals surface area contributed by atoms with Gasteiger partial charge in [0.15, 0.2) is 9.84 Å². The highest BCUT2D eigenvalue weighted by molar-refractivity contribution is 7.90. The zero-order chi connectivity index (χ0) is 18.7. The first-order chi connectivity index (χ1) is 12.4. The van der Waals surface area contributed by atoms with Crippen LogP contribution in [0.4, 0.5) is 0 Å². The third-order valence-corrected chi connectivity index (χ3v) is 5.62. The Morgan fingerprint density at radius 1 is 1.15 bits per heavy atom. The van der Waals surface area contributed by atoms with Crippen molar-refractivity contribution in [3.8, 4) is 5.75 Å². The predicted molar refractivity (Wildman–Crippen MR) is 106 cm³/mol. The number of halogens is 1. The highest BCUT2D eigenvalue weighted by atomic mass is 35.5. The van der Waals surface area contributed by atoms with E-state index in [2.05, 4.69) is 10.6 Å². The van der Waals surface area contributed by atoms with Crippen molar-refractivity contribution < 1.29 is 17.9 Å². The maximum atomic E-state index is 12.5. The first kappa shape index (κ1) is 21.2. The van der Waals surface area contributed by atoms with Crippen LogP contribution in [-0.4, -0.2) is 40.8 Å². The number of sulfone groups is 1. The minimum absolute atomic E-state index is 0. The number of rotatable bonds is 6. The summed E-state index contributed by atoms with van der Waals surface area (Å²) >= 11 is 0. The Balaban J connectivity index is 0.00000261. The summed E-state index contributed by atoms with van der Waals surface area (Å²) in [5.74, 6) is 0.607. The van der Waals surface area contributed by atoms with E-state index in [9.17, 15) is 13.2 Å². The molecule has 2 aromatic carbocycles. The number of benzene rings is 2. The number of amides is 1. The number of nitrogens with one attached hydrogen (secondary N) is 2. The molecular weight excluding hydrogens is 388 g/mol. The molecule has 2 aromatic rings. The van der Waals surface area contributed by atoms with Crippen LogP contribution in [0.3, 0.4) is 0 Å². The Morgan fingerprint density at radius 2 is 1.81 bits per heavy atom. The van der Waals surface area contributed by atoms with Crippen molar-refractivity contribution in [1.29, 1.82) is 0 Å². The number of hydrogen-bond donors (Lipinski definition) is 2. The molecule has 0 bridgehead atoms. The van der Waals surface area contributed by atoms with Gasteiger partial charge < -0.3 is 15.4 Å². The van der Waals surface area contributed by atoms with Crippen LogP contribution in [0, 0.1) is 5.92 Å². The Bertz CT molecular complexity index is 896. The van der Waals surface area contributed by atoms with E-state index in [0.29, 0.717) is 18.8 Å². The Labute approximate surface area is 165 Å². The molecule has 2 N–H and O–H groups in total. The van der Waals surface area contributed by atoms with Gasteiger partial charge >= 0.3 is 0 Å². The molecule has 1 aliphatic heterocycles. The third-order valence-electron chi connectivity index (χ3n) is 4.51. The van der Waals surface area contributed by atoms with E-state index in [0.717, 1.165) is 11.1 Å². The van der Waals surface area contributed by atoms with Gasteiger partial charge in [0.2, 0.25) is 5.91 Å². The zero-order valence-corrected chi connectivity index (χ0v) is 16.8. The van der Waals surface area contributed by atoms with Crippen molar-refractivity contribution >= 4 is 28.2 Å². The maximum Gasteiger partial charge on any atom is 0.226 e. The largest absolute Gasteiger partial charge is 0.497 e. The first-order valence-corrected chi connectivity index (χ1v) is 10.2. The van der Waals surface area contributed by atoms with Gasteiger partial charge in [0.1, 0.15) is 5.75 Å². The molecule has 1 atom stereocenters. The Hall–Kier alpha value is -2.09. The minimum Gasteiger partial charge on any atom is -0.497 e. The molecule has 27 heavy (non-hydrogen) atoms. The van der Waals surface area contributed by atoms with Gasteiger partial charge in [-0.2, -0.15) is 0 Å². The molecule has 0 saturated carbocycles. The van der Waals surface area contributed by atoms with Crippen molar-refractivity contribution in [1.82, 2.24) is 10.6 Å². The molecule has 0 aromatic heterocycles. The van der Waals surface area contributed by atoms with Gasteiger partial charge in [-0.25, -0.2) is 8.42 Å². The summed E-state index contributed by atoms with van der Waals surface area (Å²) in [6.07, 6.45) is 1.17. The summed E-state index contributed by atoms with van der Waals surface area (Å²) in [5.41, 5.74) is 1.58. The molecule has 3 rings (SSSR count). The summed E-state index contributed by atoms with van der Waals surface area (Å²) in [4.78, 5) is 12.7. The lowest BCUT2D eigenvalue weighted by atomic mass is 9.96. The molecule has 1 heterocycles. The Morgan fingerprint density at radius 3 is 2.33 bits per heavy atom. The second-order valence-electron chi connectivity index (χ2n) is 6.41. The van der Waals surface area contributed by atoms with E-state index in [4.69, 9.17) is 4.74 Å². The van der Waals surface area contributed by atoms with Crippen molar-refractivity contribution in [3.05, 3.63) is 59.7 Å². The molecule has 0 spiro atoms. The summed E-state index contributed by atoms with van der Waals surface area (Å²) in [6, 6.07) is 13.6. The highest BCUT2D eigenvalue weighted by Gasteiger charge is 2.28. The zero-order valence-electron chi connectivity index (χ0n) is 15.1. The highest BCUT2D eigenvalue weighted by Crippen LogP contribution is 2.26. The normalized spacial score (nSPS) is 15.2. The minimum atomic E-state index is -3.33. The second kappa shape index (κ2) is 8.73. The summed E-state index contributed by atoms with van der Waals surface area (Å²) < 4.78 is 29.0. The van der Waals surface area contributed by atoms with Crippen molar-refractivity contribution in [2.45, 2.75) is 10.9 Å². The molecule has 1 unspecified atom stereocenters. The van der Waals surface area contributed by atoms with E-state index in [1.54, 1.807) is 25.3 Å². The average Bonchev–Trinajstić information content (AvgIpc) is 2.58. The van der Waals surface area contributed by atoms with Gasteiger partial charge in [-0.05, 0) is 35.4 Å². The van der Waals surface area contributed by atoms with E-state index in [1.165, 1.54) is 6.26 Å². The number of ether oxygens (including phenoxy) is 1. The van der Waals surface area contributed by atoms with Gasteiger partial charge in [0.05, 0.1) is 24.0 Å². The van der Waals surface area contributed by atoms with Gasteiger partial charge in [-0.1, -0.05) is 24.3 Å². The fourth-order valence-corrected chi connectivity index (χ4v) is 3.49. The average molecular weight is 411 g/mol. The van der Waals surface area contributed by atoms with E-state index < -0.39 is 15.9 Å². The summed E-state index contributed by atoms with van der Waals surface area (Å²) in [6.45, 7) is 1.31. The molecule has 1 fully saturated rings. The fraction of sp³-hybridized carbons (Fsp3) is 0.316. The maximum absolute atomic E-state index is 12.5. The molecule has 0 aliphatic carbocycles. The number of carbonyl (C=O) groups excluding carboxylic acids is 1. The van der Waals surface area contributed by atoms with Crippen LogP contribution in [0.2, 0.25) is 0 Å². The molecule has 146 valence electrons. The molecule has 1 saturated heterocycles. The van der Waals surface area contributed by atoms with Crippen LogP contribution in [0.15, 0.2) is 53.4 Å². The van der Waals surface area contributed by atoms with Crippen LogP contribution < -0.4 is 15.4 Å². The predicted octanol–water partition coefficient (Wildman–Crippen LogP) is 1.95. The first-order valence-electron chi connectivity index (χ1n) is 8.33. The van der Waals surface area contributed by atoms with E-state index >= 15 is 0 Å². The van der Waals surface area contributed by atoms with E-state index in [1.807, 2.05) is 30.3 Å². The molecule has 1 aliphatic rings. The fourth-order valence-electron chi connectivity index (χ4n) is 2.81. The standard InChI is InChI=1S/C19H22N2O4S.ClH/c1-25-16-8-6-13(7-9-16)18(21-19(22)15-11-20-12-15)14-4-3-5-17(10-14)26(2,23)24;/h3-10,15,18,20H,11-12H2,1-2H3,(H,21,22);1H. The van der Waals surface area contributed by atoms with Crippen LogP contribution >= 0.6 is 12.4 Å². The third kappa shape index (κ3) is 5.00. The van der Waals surface area contributed by atoms with Crippen LogP contribution in [-0.2, 0) is 14.6 Å². The van der Waals surface area contributed by atoms with Gasteiger partial charge in [0.25, 0.3) is 0 Å². The van der Waals surface area contributed by atoms with Gasteiger partial charge in [-0.15, -0.1) is 12.4 Å². The molecular formula is C19H23ClN2O4S. The topological polar surface area (TPSA) is 84.5 Å². The van der Waals surface area contributed by atoms with Crippen LogP contribution in [0.25, 0.3) is 0 Å². The quantitative estimate of drug-likeness (QED) is 0.760. The van der Waals surface area contributed by atoms with E-state index in [-0.39, 0.29) is 29.1 Å². The Kier molecular flexibility index (Phi) is 6.86. The van der Waals surface area contributed by atoms with Gasteiger partial charge in [-0.3, -0.25) is 4.79 Å². The molecule has 1 amide bonds.